The van der Waals surface area contributed by atoms with Gasteiger partial charge in [-0.1, -0.05) is 6.92 Å². The summed E-state index contributed by atoms with van der Waals surface area (Å²) in [5.74, 6) is 0. The molecule has 0 saturated carbocycles. The van der Waals surface area contributed by atoms with Crippen molar-refractivity contribution in [1.29, 1.82) is 5.26 Å². The van der Waals surface area contributed by atoms with E-state index in [4.69, 9.17) is 10.00 Å². The summed E-state index contributed by atoms with van der Waals surface area (Å²) >= 11 is 3.53. The molecule has 0 spiro atoms. The molecule has 0 unspecified atom stereocenters. The Morgan fingerprint density at radius 3 is 2.76 bits per heavy atom. The molecule has 0 saturated heterocycles. The molecule has 0 aliphatic carbocycles. The van der Waals surface area contributed by atoms with Gasteiger partial charge >= 0.3 is 0 Å². The molecule has 2 aromatic heterocycles. The summed E-state index contributed by atoms with van der Waals surface area (Å²) in [7, 11) is 2.10. The number of anilines is 1. The molecular weight excluding hydrogens is 300 g/mol. The third-order valence-electron chi connectivity index (χ3n) is 3.04. The van der Waals surface area contributed by atoms with Crippen molar-refractivity contribution in [2.75, 3.05) is 31.7 Å². The summed E-state index contributed by atoms with van der Waals surface area (Å²) in [4.78, 5) is 3.39. The molecule has 2 aromatic rings. The van der Waals surface area contributed by atoms with Crippen molar-refractivity contribution in [3.05, 3.63) is 22.6 Å². The van der Waals surface area contributed by atoms with E-state index in [2.05, 4.69) is 37.1 Å². The van der Waals surface area contributed by atoms with E-state index in [1.165, 1.54) is 14.4 Å². The van der Waals surface area contributed by atoms with E-state index in [9.17, 15) is 0 Å². The lowest BCUT2D eigenvalue weighted by atomic mass is 10.3. The predicted octanol–water partition coefficient (Wildman–Crippen LogP) is 4.75. The van der Waals surface area contributed by atoms with Crippen LogP contribution in [0.25, 0.3) is 15.5 Å². The number of rotatable bonds is 7. The van der Waals surface area contributed by atoms with Crippen LogP contribution in [0.5, 0.6) is 0 Å². The summed E-state index contributed by atoms with van der Waals surface area (Å²) in [6.45, 7) is 6.47. The second-order valence-corrected chi connectivity index (χ2v) is 7.11. The number of nitrogens with zero attached hydrogens (tertiary/aromatic N) is 2. The van der Waals surface area contributed by atoms with Crippen molar-refractivity contribution in [3.8, 4) is 6.07 Å². The first kappa shape index (κ1) is 16.0. The molecule has 0 aliphatic rings. The molecule has 0 radical (unpaired) electrons. The van der Waals surface area contributed by atoms with Crippen LogP contribution in [0.4, 0.5) is 5.00 Å². The molecule has 0 atom stereocenters. The number of hydrogen-bond acceptors (Lipinski definition) is 5. The van der Waals surface area contributed by atoms with E-state index in [0.717, 1.165) is 36.6 Å². The van der Waals surface area contributed by atoms with Gasteiger partial charge in [0.05, 0.1) is 17.7 Å². The molecule has 0 bridgehead atoms. The third kappa shape index (κ3) is 4.31. The normalized spacial score (nSPS) is 11.8. The van der Waals surface area contributed by atoms with Crippen LogP contribution in [0.2, 0.25) is 0 Å². The van der Waals surface area contributed by atoms with Crippen LogP contribution in [0.15, 0.2) is 17.7 Å². The largest absolute Gasteiger partial charge is 0.380 e. The first-order chi connectivity index (χ1) is 10.1. The molecule has 5 heteroatoms. The highest BCUT2D eigenvalue weighted by molar-refractivity contribution is 7.30. The van der Waals surface area contributed by atoms with Crippen molar-refractivity contribution in [2.24, 2.45) is 0 Å². The van der Waals surface area contributed by atoms with Crippen LogP contribution in [-0.2, 0) is 4.74 Å². The van der Waals surface area contributed by atoms with Crippen molar-refractivity contribution >= 4 is 43.2 Å². The summed E-state index contributed by atoms with van der Waals surface area (Å²) in [6.07, 6.45) is 3.01. The van der Waals surface area contributed by atoms with Crippen LogP contribution in [0, 0.1) is 11.3 Å². The number of likely N-dealkylation sites (N-methyl/N-ethyl adjacent to an activating group) is 1. The lowest BCUT2D eigenvalue weighted by Gasteiger charge is -2.16. The zero-order valence-corrected chi connectivity index (χ0v) is 14.3. The summed E-state index contributed by atoms with van der Waals surface area (Å²) in [6, 6.07) is 6.55. The Bertz CT molecular complexity index is 632. The summed E-state index contributed by atoms with van der Waals surface area (Å²) in [5, 5.41) is 10.1. The molecule has 0 aliphatic heterocycles. The fourth-order valence-electron chi connectivity index (χ4n) is 1.90. The van der Waals surface area contributed by atoms with Crippen LogP contribution in [0.1, 0.15) is 25.1 Å². The van der Waals surface area contributed by atoms with Gasteiger partial charge in [0, 0.05) is 40.0 Å². The summed E-state index contributed by atoms with van der Waals surface area (Å²) in [5.41, 5.74) is 0.745. The Morgan fingerprint density at radius 2 is 2.10 bits per heavy atom. The van der Waals surface area contributed by atoms with Gasteiger partial charge in [-0.05, 0) is 31.6 Å². The molecular formula is C16H20N2OS2. The van der Waals surface area contributed by atoms with E-state index < -0.39 is 0 Å². The number of nitriles is 1. The highest BCUT2D eigenvalue weighted by Gasteiger charge is 2.09. The van der Waals surface area contributed by atoms with E-state index in [1.807, 2.05) is 13.0 Å². The van der Waals surface area contributed by atoms with Gasteiger partial charge in [-0.2, -0.15) is 5.26 Å². The minimum absolute atomic E-state index is 0.745. The van der Waals surface area contributed by atoms with E-state index in [0.29, 0.717) is 0 Å². The molecule has 0 N–H and O–H groups in total. The molecule has 0 aromatic carbocycles. The molecule has 21 heavy (non-hydrogen) atoms. The second-order valence-electron chi connectivity index (χ2n) is 4.93. The summed E-state index contributed by atoms with van der Waals surface area (Å²) < 4.78 is 8.10. The van der Waals surface area contributed by atoms with Gasteiger partial charge in [0.1, 0.15) is 0 Å². The minimum Gasteiger partial charge on any atom is -0.380 e. The predicted molar refractivity (Wildman–Crippen MR) is 93.3 cm³/mol. The van der Waals surface area contributed by atoms with E-state index in [-0.39, 0.29) is 0 Å². The SMILES string of the molecule is CCCOCCN(C)c1cc2sc(/C=C(/C)C#N)cc2s1. The van der Waals surface area contributed by atoms with Crippen LogP contribution >= 0.6 is 22.7 Å². The standard InChI is InChI=1S/C16H20N2OS2/c1-4-6-19-7-5-18(3)16-10-15-14(21-16)9-13(20-15)8-12(2)11-17/h8-10H,4-7H2,1-3H3/b12-8-. The zero-order chi connectivity index (χ0) is 15.2. The first-order valence-corrected chi connectivity index (χ1v) is 8.68. The number of allylic oxidation sites excluding steroid dienone is 1. The number of thiophene rings is 2. The average Bonchev–Trinajstić information content (AvgIpc) is 3.01. The van der Waals surface area contributed by atoms with Crippen molar-refractivity contribution in [1.82, 2.24) is 0 Å². The maximum Gasteiger partial charge on any atom is 0.0944 e. The zero-order valence-electron chi connectivity index (χ0n) is 12.7. The first-order valence-electron chi connectivity index (χ1n) is 7.04. The van der Waals surface area contributed by atoms with Gasteiger partial charge in [-0.3, -0.25) is 0 Å². The maximum absolute atomic E-state index is 8.83. The fourth-order valence-corrected chi connectivity index (χ4v) is 4.29. The van der Waals surface area contributed by atoms with Crippen molar-refractivity contribution in [3.63, 3.8) is 0 Å². The molecule has 112 valence electrons. The number of fused-ring (bicyclic) bond motifs is 1. The van der Waals surface area contributed by atoms with Gasteiger partial charge < -0.3 is 9.64 Å². The fraction of sp³-hybridized carbons (Fsp3) is 0.438. The number of hydrogen-bond donors (Lipinski definition) is 0. The third-order valence-corrected chi connectivity index (χ3v) is 5.40. The van der Waals surface area contributed by atoms with Crippen LogP contribution in [0.3, 0.4) is 0 Å². The average molecular weight is 320 g/mol. The van der Waals surface area contributed by atoms with Crippen LogP contribution in [-0.4, -0.2) is 26.8 Å². The Morgan fingerprint density at radius 1 is 1.33 bits per heavy atom. The maximum atomic E-state index is 8.83. The van der Waals surface area contributed by atoms with Gasteiger partial charge in [0.15, 0.2) is 0 Å². The molecule has 0 amide bonds. The molecule has 0 fully saturated rings. The monoisotopic (exact) mass is 320 g/mol. The topological polar surface area (TPSA) is 36.3 Å². The van der Waals surface area contributed by atoms with Gasteiger partial charge in [0.25, 0.3) is 0 Å². The lowest BCUT2D eigenvalue weighted by Crippen LogP contribution is -2.21. The van der Waals surface area contributed by atoms with E-state index in [1.54, 1.807) is 22.7 Å². The Hall–Kier alpha value is -1.35. The second kappa shape index (κ2) is 7.60. The lowest BCUT2D eigenvalue weighted by molar-refractivity contribution is 0.141. The van der Waals surface area contributed by atoms with Crippen LogP contribution < -0.4 is 4.90 Å². The van der Waals surface area contributed by atoms with Gasteiger partial charge in [0.2, 0.25) is 0 Å². The van der Waals surface area contributed by atoms with Crippen molar-refractivity contribution in [2.45, 2.75) is 20.3 Å². The molecule has 2 heterocycles. The molecule has 3 nitrogen and oxygen atoms in total. The number of ether oxygens (including phenoxy) is 1. The highest BCUT2D eigenvalue weighted by Crippen LogP contribution is 2.38. The quantitative estimate of drug-likeness (QED) is 0.545. The Kier molecular flexibility index (Phi) is 5.80. The van der Waals surface area contributed by atoms with Gasteiger partial charge in [-0.15, -0.1) is 22.7 Å². The Labute approximate surface area is 134 Å². The van der Waals surface area contributed by atoms with Gasteiger partial charge in [-0.25, -0.2) is 0 Å². The Balaban J connectivity index is 2.03. The molecule has 2 rings (SSSR count). The highest BCUT2D eigenvalue weighted by atomic mass is 32.1. The minimum atomic E-state index is 0.745. The smallest absolute Gasteiger partial charge is 0.0944 e. The van der Waals surface area contributed by atoms with Crippen molar-refractivity contribution < 1.29 is 4.74 Å². The van der Waals surface area contributed by atoms with E-state index >= 15 is 0 Å².